The molecule has 0 aliphatic carbocycles. The number of benzene rings is 1. The van der Waals surface area contributed by atoms with Crippen molar-refractivity contribution >= 4 is 17.0 Å². The topological polar surface area (TPSA) is 45.2 Å². The Kier molecular flexibility index (Phi) is 2.17. The fourth-order valence-electron chi connectivity index (χ4n) is 1.65. The lowest BCUT2D eigenvalue weighted by Gasteiger charge is -1.93. The summed E-state index contributed by atoms with van der Waals surface area (Å²) < 4.78 is 0. The second-order valence-corrected chi connectivity index (χ2v) is 3.18. The predicted octanol–water partition coefficient (Wildman–Crippen LogP) is 2.31. The number of aliphatic imine (C=N–C) groups is 1. The number of H-pyrrole nitrogens is 1. The van der Waals surface area contributed by atoms with Crippen LogP contribution in [0.5, 0.6) is 0 Å². The van der Waals surface area contributed by atoms with Crippen LogP contribution in [-0.4, -0.2) is 11.1 Å². The largest absolute Gasteiger partial charge is 0.358 e. The van der Waals surface area contributed by atoms with Crippen LogP contribution in [0.2, 0.25) is 0 Å². The summed E-state index contributed by atoms with van der Waals surface area (Å²) in [6, 6.07) is 7.99. The van der Waals surface area contributed by atoms with Crippen LogP contribution < -0.4 is 0 Å². The summed E-state index contributed by atoms with van der Waals surface area (Å²) in [7, 11) is 0. The quantitative estimate of drug-likeness (QED) is 0.567. The van der Waals surface area contributed by atoms with Crippen LogP contribution in [0.3, 0.4) is 0 Å². The van der Waals surface area contributed by atoms with E-state index in [0.29, 0.717) is 6.54 Å². The zero-order valence-electron chi connectivity index (χ0n) is 7.87. The monoisotopic (exact) mass is 186 g/mol. The van der Waals surface area contributed by atoms with E-state index < -0.39 is 0 Å². The third kappa shape index (κ3) is 1.34. The highest BCUT2D eigenvalue weighted by molar-refractivity contribution is 5.84. The molecule has 0 bridgehead atoms. The Hall–Kier alpha value is -1.86. The molecule has 0 atom stereocenters. The van der Waals surface area contributed by atoms with E-state index in [1.165, 1.54) is 0 Å². The number of para-hydroxylation sites is 1. The maximum Gasteiger partial charge on any atom is 0.235 e. The third-order valence-corrected chi connectivity index (χ3v) is 2.33. The van der Waals surface area contributed by atoms with Crippen LogP contribution in [0.4, 0.5) is 0 Å². The first-order valence-electron chi connectivity index (χ1n) is 4.42. The standard InChI is InChI=1S/C11H10N2O/c1-8-10(6-12-7-14)9-4-2-3-5-11(9)13-8/h2-5,13H,6H2,1H3. The van der Waals surface area contributed by atoms with Crippen molar-refractivity contribution in [2.24, 2.45) is 4.99 Å². The van der Waals surface area contributed by atoms with Crippen molar-refractivity contribution in [2.75, 3.05) is 0 Å². The van der Waals surface area contributed by atoms with Gasteiger partial charge in [0.1, 0.15) is 0 Å². The molecule has 0 amide bonds. The van der Waals surface area contributed by atoms with Crippen LogP contribution in [0.1, 0.15) is 11.3 Å². The van der Waals surface area contributed by atoms with Gasteiger partial charge < -0.3 is 4.98 Å². The molecule has 0 aliphatic heterocycles. The SMILES string of the molecule is Cc1[nH]c2ccccc2c1CN=C=O. The number of rotatable bonds is 2. The molecule has 0 unspecified atom stereocenters. The highest BCUT2D eigenvalue weighted by Gasteiger charge is 2.05. The van der Waals surface area contributed by atoms with Gasteiger partial charge in [0.15, 0.2) is 0 Å². The van der Waals surface area contributed by atoms with Gasteiger partial charge in [-0.15, -0.1) is 0 Å². The molecule has 1 aromatic carbocycles. The van der Waals surface area contributed by atoms with E-state index in [2.05, 4.69) is 9.98 Å². The zero-order chi connectivity index (χ0) is 9.97. The fourth-order valence-corrected chi connectivity index (χ4v) is 1.65. The maximum atomic E-state index is 10.0. The van der Waals surface area contributed by atoms with Crippen molar-refractivity contribution in [1.29, 1.82) is 0 Å². The molecular formula is C11H10N2O. The van der Waals surface area contributed by atoms with Gasteiger partial charge in [-0.25, -0.2) is 9.79 Å². The second-order valence-electron chi connectivity index (χ2n) is 3.18. The number of hydrogen-bond donors (Lipinski definition) is 1. The number of isocyanates is 1. The smallest absolute Gasteiger partial charge is 0.235 e. The van der Waals surface area contributed by atoms with Crippen LogP contribution in [0, 0.1) is 6.92 Å². The molecular weight excluding hydrogens is 176 g/mol. The van der Waals surface area contributed by atoms with Crippen molar-refractivity contribution in [2.45, 2.75) is 13.5 Å². The summed E-state index contributed by atoms with van der Waals surface area (Å²) in [6.45, 7) is 2.38. The minimum absolute atomic E-state index is 0.402. The van der Waals surface area contributed by atoms with Gasteiger partial charge in [0.25, 0.3) is 0 Å². The van der Waals surface area contributed by atoms with E-state index in [1.54, 1.807) is 6.08 Å². The predicted molar refractivity (Wildman–Crippen MR) is 54.9 cm³/mol. The number of nitrogens with one attached hydrogen (secondary N) is 1. The van der Waals surface area contributed by atoms with Gasteiger partial charge >= 0.3 is 0 Å². The van der Waals surface area contributed by atoms with Crippen LogP contribution in [0.15, 0.2) is 29.3 Å². The van der Waals surface area contributed by atoms with Gasteiger partial charge in [-0.2, -0.15) is 0 Å². The van der Waals surface area contributed by atoms with E-state index in [0.717, 1.165) is 22.2 Å². The van der Waals surface area contributed by atoms with Crippen molar-refractivity contribution in [1.82, 2.24) is 4.98 Å². The number of aryl methyl sites for hydroxylation is 1. The molecule has 3 nitrogen and oxygen atoms in total. The van der Waals surface area contributed by atoms with E-state index in [1.807, 2.05) is 31.2 Å². The third-order valence-electron chi connectivity index (χ3n) is 2.33. The number of carbonyl (C=O) groups excluding carboxylic acids is 1. The number of nitrogens with zero attached hydrogens (tertiary/aromatic N) is 1. The Bertz CT molecular complexity index is 507. The average molecular weight is 186 g/mol. The average Bonchev–Trinajstić information content (AvgIpc) is 2.51. The van der Waals surface area contributed by atoms with Gasteiger partial charge in [0.2, 0.25) is 6.08 Å². The lowest BCUT2D eigenvalue weighted by atomic mass is 10.1. The van der Waals surface area contributed by atoms with Crippen molar-refractivity contribution in [3.63, 3.8) is 0 Å². The number of hydrogen-bond acceptors (Lipinski definition) is 2. The molecule has 0 spiro atoms. The first-order chi connectivity index (χ1) is 6.83. The van der Waals surface area contributed by atoms with Gasteiger partial charge in [0, 0.05) is 22.2 Å². The second kappa shape index (κ2) is 3.48. The van der Waals surface area contributed by atoms with Crippen molar-refractivity contribution in [3.05, 3.63) is 35.5 Å². The summed E-state index contributed by atoms with van der Waals surface area (Å²) >= 11 is 0. The highest BCUT2D eigenvalue weighted by atomic mass is 16.1. The lowest BCUT2D eigenvalue weighted by Crippen LogP contribution is -1.82. The van der Waals surface area contributed by atoms with Crippen LogP contribution >= 0.6 is 0 Å². The molecule has 0 fully saturated rings. The summed E-state index contributed by atoms with van der Waals surface area (Å²) in [5.41, 5.74) is 3.22. The Morgan fingerprint density at radius 2 is 2.21 bits per heavy atom. The Balaban J connectivity index is 2.61. The Labute approximate surface area is 81.5 Å². The van der Waals surface area contributed by atoms with E-state index >= 15 is 0 Å². The minimum atomic E-state index is 0.402. The maximum absolute atomic E-state index is 10.0. The van der Waals surface area contributed by atoms with Gasteiger partial charge in [-0.3, -0.25) is 0 Å². The van der Waals surface area contributed by atoms with E-state index in [-0.39, 0.29) is 0 Å². The normalized spacial score (nSPS) is 10.1. The van der Waals surface area contributed by atoms with Crippen molar-refractivity contribution < 1.29 is 4.79 Å². The molecule has 3 heteroatoms. The van der Waals surface area contributed by atoms with Gasteiger partial charge in [-0.05, 0) is 13.0 Å². The Morgan fingerprint density at radius 3 is 3.00 bits per heavy atom. The molecule has 1 heterocycles. The van der Waals surface area contributed by atoms with Gasteiger partial charge in [0.05, 0.1) is 6.54 Å². The number of aromatic amines is 1. The summed E-state index contributed by atoms with van der Waals surface area (Å²) in [5, 5.41) is 1.13. The van der Waals surface area contributed by atoms with Gasteiger partial charge in [-0.1, -0.05) is 18.2 Å². The minimum Gasteiger partial charge on any atom is -0.358 e. The first-order valence-corrected chi connectivity index (χ1v) is 4.42. The van der Waals surface area contributed by atoms with Crippen LogP contribution in [-0.2, 0) is 11.3 Å². The molecule has 0 saturated carbocycles. The highest BCUT2D eigenvalue weighted by Crippen LogP contribution is 2.22. The fraction of sp³-hybridized carbons (Fsp3) is 0.182. The first kappa shape index (κ1) is 8.73. The number of fused-ring (bicyclic) bond motifs is 1. The lowest BCUT2D eigenvalue weighted by molar-refractivity contribution is 0.563. The summed E-state index contributed by atoms with van der Waals surface area (Å²) in [6.07, 6.45) is 1.56. The molecule has 1 aromatic heterocycles. The molecule has 2 rings (SSSR count). The summed E-state index contributed by atoms with van der Waals surface area (Å²) in [4.78, 5) is 16.9. The summed E-state index contributed by atoms with van der Waals surface area (Å²) in [5.74, 6) is 0. The zero-order valence-corrected chi connectivity index (χ0v) is 7.87. The van der Waals surface area contributed by atoms with Crippen LogP contribution in [0.25, 0.3) is 10.9 Å². The van der Waals surface area contributed by atoms with E-state index in [9.17, 15) is 4.79 Å². The van der Waals surface area contributed by atoms with Crippen molar-refractivity contribution in [3.8, 4) is 0 Å². The van der Waals surface area contributed by atoms with E-state index in [4.69, 9.17) is 0 Å². The molecule has 0 saturated heterocycles. The molecule has 14 heavy (non-hydrogen) atoms. The molecule has 0 aliphatic rings. The number of aromatic nitrogens is 1. The Morgan fingerprint density at radius 1 is 1.43 bits per heavy atom. The molecule has 1 N–H and O–H groups in total. The molecule has 0 radical (unpaired) electrons. The molecule has 70 valence electrons. The molecule has 2 aromatic rings.